The molecule has 5 heteroatoms. The zero-order valence-corrected chi connectivity index (χ0v) is 14.4. The van der Waals surface area contributed by atoms with Gasteiger partial charge in [-0.1, -0.05) is 30.3 Å². The van der Waals surface area contributed by atoms with Crippen LogP contribution in [-0.2, 0) is 13.0 Å². The Balaban J connectivity index is 1.48. The summed E-state index contributed by atoms with van der Waals surface area (Å²) in [4.78, 5) is 24.4. The van der Waals surface area contributed by atoms with E-state index in [2.05, 4.69) is 17.4 Å². The van der Waals surface area contributed by atoms with Crippen LogP contribution in [0.3, 0.4) is 0 Å². The van der Waals surface area contributed by atoms with Crippen LogP contribution in [0.25, 0.3) is 0 Å². The molecule has 2 heterocycles. The molecule has 0 radical (unpaired) electrons. The number of aromatic nitrogens is 1. The molecule has 1 unspecified atom stereocenters. The van der Waals surface area contributed by atoms with E-state index in [1.165, 1.54) is 21.8 Å². The van der Waals surface area contributed by atoms with Gasteiger partial charge in [0.05, 0.1) is 12.6 Å². The van der Waals surface area contributed by atoms with Crippen molar-refractivity contribution in [3.63, 3.8) is 0 Å². The third kappa shape index (κ3) is 3.33. The lowest BCUT2D eigenvalue weighted by Gasteiger charge is -2.26. The molecule has 26 heavy (non-hydrogen) atoms. The fourth-order valence-corrected chi connectivity index (χ4v) is 3.48. The summed E-state index contributed by atoms with van der Waals surface area (Å²) in [5, 5.41) is 3.08. The van der Waals surface area contributed by atoms with Crippen molar-refractivity contribution in [2.45, 2.75) is 31.8 Å². The average molecular weight is 348 g/mol. The third-order valence-electron chi connectivity index (χ3n) is 4.79. The molecule has 0 fully saturated rings. The highest BCUT2D eigenvalue weighted by Crippen LogP contribution is 2.29. The molecule has 132 valence electrons. The predicted molar refractivity (Wildman–Crippen MR) is 98.1 cm³/mol. The van der Waals surface area contributed by atoms with Crippen LogP contribution >= 0.6 is 0 Å². The molecule has 2 aromatic heterocycles. The van der Waals surface area contributed by atoms with Crippen molar-refractivity contribution in [2.75, 3.05) is 0 Å². The molecule has 4 rings (SSSR count). The highest BCUT2D eigenvalue weighted by atomic mass is 16.4. The van der Waals surface area contributed by atoms with Crippen LogP contribution in [0.5, 0.6) is 0 Å². The van der Waals surface area contributed by atoms with Crippen LogP contribution in [-0.4, -0.2) is 10.5 Å². The lowest BCUT2D eigenvalue weighted by molar-refractivity contribution is 0.0902. The molecule has 3 aromatic rings. The molecular formula is C21H20N2O3. The van der Waals surface area contributed by atoms with E-state index in [9.17, 15) is 9.59 Å². The number of nitrogens with zero attached hydrogens (tertiary/aromatic N) is 1. The van der Waals surface area contributed by atoms with Crippen molar-refractivity contribution in [1.29, 1.82) is 0 Å². The lowest BCUT2D eigenvalue weighted by atomic mass is 9.88. The summed E-state index contributed by atoms with van der Waals surface area (Å²) >= 11 is 0. The number of benzene rings is 1. The number of carbonyl (C=O) groups is 1. The number of hydrogen-bond acceptors (Lipinski definition) is 3. The van der Waals surface area contributed by atoms with Gasteiger partial charge in [0.1, 0.15) is 5.76 Å². The minimum atomic E-state index is -0.224. The molecule has 0 saturated carbocycles. The summed E-state index contributed by atoms with van der Waals surface area (Å²) in [6.07, 6.45) is 4.74. The number of aryl methyl sites for hydroxylation is 1. The molecule has 1 aliphatic carbocycles. The van der Waals surface area contributed by atoms with Gasteiger partial charge in [-0.3, -0.25) is 9.59 Å². The van der Waals surface area contributed by atoms with Gasteiger partial charge in [0.25, 0.3) is 11.5 Å². The van der Waals surface area contributed by atoms with Gasteiger partial charge in [0.15, 0.2) is 5.76 Å². The quantitative estimate of drug-likeness (QED) is 0.787. The second-order valence-corrected chi connectivity index (χ2v) is 6.55. The Morgan fingerprint density at radius 3 is 2.85 bits per heavy atom. The highest BCUT2D eigenvalue weighted by molar-refractivity contribution is 5.91. The average Bonchev–Trinajstić information content (AvgIpc) is 3.13. The number of furan rings is 1. The topological polar surface area (TPSA) is 64.2 Å². The maximum absolute atomic E-state index is 12.6. The van der Waals surface area contributed by atoms with Crippen LogP contribution in [0.4, 0.5) is 0 Å². The van der Waals surface area contributed by atoms with E-state index in [-0.39, 0.29) is 23.3 Å². The number of rotatable bonds is 4. The lowest BCUT2D eigenvalue weighted by Crippen LogP contribution is -2.30. The van der Waals surface area contributed by atoms with Crippen molar-refractivity contribution in [3.05, 3.63) is 93.8 Å². The normalized spacial score (nSPS) is 16.1. The monoisotopic (exact) mass is 348 g/mol. The van der Waals surface area contributed by atoms with E-state index in [1.54, 1.807) is 30.5 Å². The Bertz CT molecular complexity index is 986. The van der Waals surface area contributed by atoms with Gasteiger partial charge in [-0.25, -0.2) is 0 Å². The molecule has 1 amide bonds. The molecular weight excluding hydrogens is 328 g/mol. The van der Waals surface area contributed by atoms with Gasteiger partial charge in [-0.05, 0) is 48.6 Å². The van der Waals surface area contributed by atoms with Crippen molar-refractivity contribution < 1.29 is 9.21 Å². The number of fused-ring (bicyclic) bond motifs is 1. The van der Waals surface area contributed by atoms with E-state index in [4.69, 9.17) is 4.42 Å². The van der Waals surface area contributed by atoms with Gasteiger partial charge in [0.2, 0.25) is 0 Å². The van der Waals surface area contributed by atoms with E-state index in [1.807, 2.05) is 12.1 Å². The van der Waals surface area contributed by atoms with E-state index in [0.717, 1.165) is 19.3 Å². The van der Waals surface area contributed by atoms with Gasteiger partial charge in [0, 0.05) is 12.3 Å². The first-order valence-electron chi connectivity index (χ1n) is 8.83. The Morgan fingerprint density at radius 2 is 1.96 bits per heavy atom. The number of hydrogen-bond donors (Lipinski definition) is 1. The summed E-state index contributed by atoms with van der Waals surface area (Å²) in [6.45, 7) is 0.305. The molecule has 5 nitrogen and oxygen atoms in total. The van der Waals surface area contributed by atoms with Crippen LogP contribution in [0.1, 0.15) is 46.3 Å². The second-order valence-electron chi connectivity index (χ2n) is 6.55. The van der Waals surface area contributed by atoms with Gasteiger partial charge >= 0.3 is 0 Å². The summed E-state index contributed by atoms with van der Waals surface area (Å²) < 4.78 is 7.20. The minimum absolute atomic E-state index is 0.0118. The van der Waals surface area contributed by atoms with Crippen LogP contribution < -0.4 is 10.9 Å². The fraction of sp³-hybridized carbons (Fsp3) is 0.238. The maximum Gasteiger partial charge on any atom is 0.287 e. The fourth-order valence-electron chi connectivity index (χ4n) is 3.48. The summed E-state index contributed by atoms with van der Waals surface area (Å²) in [5.74, 6) is 0.623. The first kappa shape index (κ1) is 16.4. The van der Waals surface area contributed by atoms with Gasteiger partial charge < -0.3 is 14.3 Å². The van der Waals surface area contributed by atoms with Crippen molar-refractivity contribution in [3.8, 4) is 0 Å². The standard InChI is InChI=1S/C21H20N2O3/c24-20-10-3-4-13-23(20)14-16-11-12-19(26-16)21(25)22-18-9-5-7-15-6-1-2-8-17(15)18/h1-4,6,8,10-13,18H,5,7,9,14H2,(H,22,25). The molecule has 0 aliphatic heterocycles. The molecule has 0 bridgehead atoms. The van der Waals surface area contributed by atoms with E-state index >= 15 is 0 Å². The molecule has 0 saturated heterocycles. The summed E-state index contributed by atoms with van der Waals surface area (Å²) in [7, 11) is 0. The summed E-state index contributed by atoms with van der Waals surface area (Å²) in [6, 6.07) is 16.6. The van der Waals surface area contributed by atoms with Crippen molar-refractivity contribution in [2.24, 2.45) is 0 Å². The van der Waals surface area contributed by atoms with E-state index in [0.29, 0.717) is 12.3 Å². The number of nitrogens with one attached hydrogen (secondary N) is 1. The first-order valence-corrected chi connectivity index (χ1v) is 8.83. The molecule has 0 spiro atoms. The van der Waals surface area contributed by atoms with Gasteiger partial charge in [-0.15, -0.1) is 0 Å². The zero-order valence-electron chi connectivity index (χ0n) is 14.4. The maximum atomic E-state index is 12.6. The Hall–Kier alpha value is -3.08. The molecule has 1 N–H and O–H groups in total. The smallest absolute Gasteiger partial charge is 0.287 e. The minimum Gasteiger partial charge on any atom is -0.454 e. The summed E-state index contributed by atoms with van der Waals surface area (Å²) in [5.41, 5.74) is 2.39. The largest absolute Gasteiger partial charge is 0.454 e. The Kier molecular flexibility index (Phi) is 4.44. The van der Waals surface area contributed by atoms with Crippen molar-refractivity contribution in [1.82, 2.24) is 9.88 Å². The molecule has 1 aromatic carbocycles. The predicted octanol–water partition coefficient (Wildman–Crippen LogP) is 3.30. The third-order valence-corrected chi connectivity index (χ3v) is 4.79. The van der Waals surface area contributed by atoms with Crippen LogP contribution in [0.2, 0.25) is 0 Å². The first-order chi connectivity index (χ1) is 12.7. The highest BCUT2D eigenvalue weighted by Gasteiger charge is 2.23. The van der Waals surface area contributed by atoms with Crippen LogP contribution in [0, 0.1) is 0 Å². The number of carbonyl (C=O) groups excluding carboxylic acids is 1. The van der Waals surface area contributed by atoms with E-state index < -0.39 is 0 Å². The number of pyridine rings is 1. The SMILES string of the molecule is O=C(NC1CCCc2ccccc21)c1ccc(Cn2ccccc2=O)o1. The van der Waals surface area contributed by atoms with Crippen molar-refractivity contribution >= 4 is 5.91 Å². The molecule has 1 atom stereocenters. The molecule has 1 aliphatic rings. The number of amides is 1. The van der Waals surface area contributed by atoms with Crippen LogP contribution in [0.15, 0.2) is 70.0 Å². The zero-order chi connectivity index (χ0) is 17.9. The second kappa shape index (κ2) is 7.04. The Morgan fingerprint density at radius 1 is 1.12 bits per heavy atom. The van der Waals surface area contributed by atoms with Gasteiger partial charge in [-0.2, -0.15) is 0 Å². The Labute approximate surface area is 151 Å².